The maximum Gasteiger partial charge on any atom is 0.294 e. The van der Waals surface area contributed by atoms with Crippen LogP contribution in [0.4, 0.5) is 11.4 Å². The number of hydrogen-bond donors (Lipinski definition) is 0. The molecule has 1 heterocycles. The van der Waals surface area contributed by atoms with Crippen LogP contribution >= 0.6 is 11.6 Å². The van der Waals surface area contributed by atoms with Crippen molar-refractivity contribution in [2.24, 2.45) is 0 Å². The monoisotopic (exact) mass is 269 g/mol. The largest absolute Gasteiger partial charge is 0.365 e. The molecule has 1 aromatic carbocycles. The summed E-state index contributed by atoms with van der Waals surface area (Å²) in [5.41, 5.74) is 0.756. The summed E-state index contributed by atoms with van der Waals surface area (Å²) in [6.07, 6.45) is 1.01. The summed E-state index contributed by atoms with van der Waals surface area (Å²) in [7, 11) is 2.07. The van der Waals surface area contributed by atoms with Gasteiger partial charge in [-0.05, 0) is 32.1 Å². The molecule has 1 aromatic rings. The zero-order valence-electron chi connectivity index (χ0n) is 10.3. The number of benzene rings is 1. The molecule has 0 spiro atoms. The Bertz CT molecular complexity index is 453. The maximum atomic E-state index is 11.1. The Kier molecular flexibility index (Phi) is 4.04. The summed E-state index contributed by atoms with van der Waals surface area (Å²) in [6, 6.07) is 4.87. The molecule has 0 aliphatic carbocycles. The van der Waals surface area contributed by atoms with Crippen molar-refractivity contribution in [1.29, 1.82) is 0 Å². The van der Waals surface area contributed by atoms with Gasteiger partial charge < -0.3 is 9.80 Å². The maximum absolute atomic E-state index is 11.1. The Balaban J connectivity index is 2.29. The SMILES string of the molecule is CN1CCCN(c2ccc(Cl)cc2[N+](=O)[O-])CC1. The molecule has 0 unspecified atom stereocenters. The van der Waals surface area contributed by atoms with E-state index in [2.05, 4.69) is 16.8 Å². The molecule has 98 valence electrons. The van der Waals surface area contributed by atoms with Crippen LogP contribution in [0.1, 0.15) is 6.42 Å². The normalized spacial score (nSPS) is 17.6. The van der Waals surface area contributed by atoms with Gasteiger partial charge in [-0.25, -0.2) is 0 Å². The lowest BCUT2D eigenvalue weighted by Gasteiger charge is -2.22. The molecule has 6 heteroatoms. The van der Waals surface area contributed by atoms with Gasteiger partial charge in [0.2, 0.25) is 0 Å². The first kappa shape index (κ1) is 13.1. The van der Waals surface area contributed by atoms with Gasteiger partial charge >= 0.3 is 0 Å². The molecule has 0 radical (unpaired) electrons. The molecule has 0 N–H and O–H groups in total. The first-order chi connectivity index (χ1) is 8.58. The second kappa shape index (κ2) is 5.54. The van der Waals surface area contributed by atoms with Gasteiger partial charge in [0.1, 0.15) is 5.69 Å². The van der Waals surface area contributed by atoms with Crippen LogP contribution in [0.15, 0.2) is 18.2 Å². The second-order valence-corrected chi connectivity index (χ2v) is 4.97. The van der Waals surface area contributed by atoms with Crippen molar-refractivity contribution in [2.75, 3.05) is 38.1 Å². The third kappa shape index (κ3) is 2.91. The van der Waals surface area contributed by atoms with Crippen LogP contribution < -0.4 is 4.90 Å². The number of halogens is 1. The van der Waals surface area contributed by atoms with E-state index in [9.17, 15) is 10.1 Å². The minimum Gasteiger partial charge on any atom is -0.365 e. The van der Waals surface area contributed by atoms with Crippen molar-refractivity contribution in [2.45, 2.75) is 6.42 Å². The number of likely N-dealkylation sites (N-methyl/N-ethyl adjacent to an activating group) is 1. The van der Waals surface area contributed by atoms with Gasteiger partial charge in [0.15, 0.2) is 0 Å². The number of nitro groups is 1. The summed E-state index contributed by atoms with van der Waals surface area (Å²) in [5.74, 6) is 0. The highest BCUT2D eigenvalue weighted by Crippen LogP contribution is 2.31. The van der Waals surface area contributed by atoms with Gasteiger partial charge in [0.25, 0.3) is 5.69 Å². The predicted octanol–water partition coefficient (Wildman–Crippen LogP) is 2.39. The van der Waals surface area contributed by atoms with Crippen LogP contribution in [0.2, 0.25) is 5.02 Å². The van der Waals surface area contributed by atoms with Crippen LogP contribution in [0.25, 0.3) is 0 Å². The molecule has 1 saturated heterocycles. The van der Waals surface area contributed by atoms with Gasteiger partial charge in [-0.15, -0.1) is 0 Å². The quantitative estimate of drug-likeness (QED) is 0.611. The molecule has 0 aromatic heterocycles. The van der Waals surface area contributed by atoms with Crippen molar-refractivity contribution in [1.82, 2.24) is 4.90 Å². The fourth-order valence-corrected chi connectivity index (χ4v) is 2.36. The third-order valence-electron chi connectivity index (χ3n) is 3.19. The highest BCUT2D eigenvalue weighted by Gasteiger charge is 2.21. The van der Waals surface area contributed by atoms with E-state index < -0.39 is 0 Å². The van der Waals surface area contributed by atoms with Crippen LogP contribution in [-0.2, 0) is 0 Å². The number of rotatable bonds is 2. The molecule has 1 aliphatic heterocycles. The van der Waals surface area contributed by atoms with Crippen molar-refractivity contribution in [3.8, 4) is 0 Å². The number of nitrogens with zero attached hydrogens (tertiary/aromatic N) is 3. The van der Waals surface area contributed by atoms with E-state index in [1.807, 2.05) is 0 Å². The molecule has 0 saturated carbocycles. The van der Waals surface area contributed by atoms with Crippen molar-refractivity contribution in [3.05, 3.63) is 33.3 Å². The molecule has 0 bridgehead atoms. The Morgan fingerprint density at radius 2 is 2.06 bits per heavy atom. The highest BCUT2D eigenvalue weighted by atomic mass is 35.5. The predicted molar refractivity (Wildman–Crippen MR) is 72.4 cm³/mol. The zero-order valence-corrected chi connectivity index (χ0v) is 11.1. The van der Waals surface area contributed by atoms with Gasteiger partial charge in [0.05, 0.1) is 4.92 Å². The summed E-state index contributed by atoms with van der Waals surface area (Å²) in [6.45, 7) is 3.59. The summed E-state index contributed by atoms with van der Waals surface area (Å²) in [5, 5.41) is 11.5. The standard InChI is InChI=1S/C12H16ClN3O2/c1-14-5-2-6-15(8-7-14)11-4-3-10(13)9-12(11)16(17)18/h3-4,9H,2,5-8H2,1H3. The van der Waals surface area contributed by atoms with Gasteiger partial charge in [0, 0.05) is 30.7 Å². The average molecular weight is 270 g/mol. The smallest absolute Gasteiger partial charge is 0.294 e. The first-order valence-corrected chi connectivity index (χ1v) is 6.33. The number of nitro benzene ring substituents is 1. The topological polar surface area (TPSA) is 49.6 Å². The molecule has 2 rings (SSSR count). The molecule has 0 atom stereocenters. The van der Waals surface area contributed by atoms with Crippen LogP contribution in [0.3, 0.4) is 0 Å². The molecule has 18 heavy (non-hydrogen) atoms. The molecule has 1 aliphatic rings. The van der Waals surface area contributed by atoms with E-state index in [1.54, 1.807) is 12.1 Å². The Labute approximate surface area is 111 Å². The number of hydrogen-bond acceptors (Lipinski definition) is 4. The Morgan fingerprint density at radius 1 is 1.28 bits per heavy atom. The molecular formula is C12H16ClN3O2. The fourth-order valence-electron chi connectivity index (χ4n) is 2.20. The minimum absolute atomic E-state index is 0.0899. The van der Waals surface area contributed by atoms with E-state index in [-0.39, 0.29) is 10.6 Å². The average Bonchev–Trinajstić information content (AvgIpc) is 2.54. The molecule has 0 amide bonds. The van der Waals surface area contributed by atoms with E-state index in [0.717, 1.165) is 32.6 Å². The second-order valence-electron chi connectivity index (χ2n) is 4.53. The van der Waals surface area contributed by atoms with E-state index in [1.165, 1.54) is 6.07 Å². The van der Waals surface area contributed by atoms with Gasteiger partial charge in [-0.2, -0.15) is 0 Å². The third-order valence-corrected chi connectivity index (χ3v) is 3.43. The van der Waals surface area contributed by atoms with E-state index in [0.29, 0.717) is 10.7 Å². The van der Waals surface area contributed by atoms with Crippen LogP contribution in [0.5, 0.6) is 0 Å². The lowest BCUT2D eigenvalue weighted by Crippen LogP contribution is -2.29. The van der Waals surface area contributed by atoms with Crippen molar-refractivity contribution in [3.63, 3.8) is 0 Å². The van der Waals surface area contributed by atoms with Crippen LogP contribution in [-0.4, -0.2) is 43.0 Å². The summed E-state index contributed by atoms with van der Waals surface area (Å²) < 4.78 is 0. The summed E-state index contributed by atoms with van der Waals surface area (Å²) >= 11 is 5.82. The molecule has 1 fully saturated rings. The first-order valence-electron chi connectivity index (χ1n) is 5.95. The Hall–Kier alpha value is -1.33. The Morgan fingerprint density at radius 3 is 2.78 bits per heavy atom. The van der Waals surface area contributed by atoms with Crippen LogP contribution in [0, 0.1) is 10.1 Å². The van der Waals surface area contributed by atoms with Gasteiger partial charge in [-0.3, -0.25) is 10.1 Å². The lowest BCUT2D eigenvalue weighted by molar-refractivity contribution is -0.384. The van der Waals surface area contributed by atoms with Gasteiger partial charge in [-0.1, -0.05) is 11.6 Å². The lowest BCUT2D eigenvalue weighted by atomic mass is 10.2. The number of anilines is 1. The zero-order chi connectivity index (χ0) is 13.1. The van der Waals surface area contributed by atoms with E-state index in [4.69, 9.17) is 11.6 Å². The van der Waals surface area contributed by atoms with E-state index >= 15 is 0 Å². The van der Waals surface area contributed by atoms with Crippen molar-refractivity contribution < 1.29 is 4.92 Å². The summed E-state index contributed by atoms with van der Waals surface area (Å²) in [4.78, 5) is 15.0. The minimum atomic E-state index is -0.365. The van der Waals surface area contributed by atoms with Crippen molar-refractivity contribution >= 4 is 23.0 Å². The molecular weight excluding hydrogens is 254 g/mol. The highest BCUT2D eigenvalue weighted by molar-refractivity contribution is 6.30. The fraction of sp³-hybridized carbons (Fsp3) is 0.500. The molecule has 5 nitrogen and oxygen atoms in total.